The van der Waals surface area contributed by atoms with Crippen LogP contribution in [0.15, 0.2) is 23.6 Å². The molecule has 0 saturated heterocycles. The normalized spacial score (nSPS) is 10.5. The second-order valence-electron chi connectivity index (χ2n) is 4.13. The van der Waals surface area contributed by atoms with Crippen molar-refractivity contribution in [1.82, 2.24) is 4.98 Å². The summed E-state index contributed by atoms with van der Waals surface area (Å²) in [4.78, 5) is 16.5. The molecule has 0 bridgehead atoms. The molecular weight excluding hydrogens is 286 g/mol. The van der Waals surface area contributed by atoms with Gasteiger partial charge in [-0.1, -0.05) is 11.6 Å². The summed E-state index contributed by atoms with van der Waals surface area (Å²) in [6.07, 6.45) is 0. The minimum Gasteiger partial charge on any atom is -0.367 e. The lowest BCUT2D eigenvalue weighted by atomic mass is 10.2. The molecule has 1 heterocycles. The average Bonchev–Trinajstić information content (AvgIpc) is 2.74. The van der Waals surface area contributed by atoms with E-state index in [0.29, 0.717) is 11.6 Å². The van der Waals surface area contributed by atoms with Crippen molar-refractivity contribution >= 4 is 34.3 Å². The Balaban J connectivity index is 2.19. The van der Waals surface area contributed by atoms with E-state index in [4.69, 9.17) is 11.6 Å². The fraction of sp³-hybridized carbons (Fsp3) is 0.250. The third-order valence-electron chi connectivity index (χ3n) is 2.59. The third kappa shape index (κ3) is 3.21. The van der Waals surface area contributed by atoms with E-state index in [1.54, 1.807) is 17.4 Å². The minimum absolute atomic E-state index is 0.00718. The van der Waals surface area contributed by atoms with Crippen LogP contribution < -0.4 is 4.90 Å². The molecule has 0 saturated carbocycles. The van der Waals surface area contributed by atoms with E-state index in [1.165, 1.54) is 12.1 Å². The first-order valence-electron chi connectivity index (χ1n) is 5.53. The number of hydrogen-bond acceptors (Lipinski definition) is 5. The summed E-state index contributed by atoms with van der Waals surface area (Å²) >= 11 is 7.66. The van der Waals surface area contributed by atoms with E-state index in [1.807, 2.05) is 24.3 Å². The number of halogens is 1. The lowest BCUT2D eigenvalue weighted by Crippen LogP contribution is -2.16. The number of nitrogens with zero attached hydrogens (tertiary/aromatic N) is 3. The number of thiazole rings is 1. The van der Waals surface area contributed by atoms with Gasteiger partial charge < -0.3 is 4.90 Å². The smallest absolute Gasteiger partial charge is 0.271 e. The Labute approximate surface area is 119 Å². The Bertz CT molecular complexity index is 615. The molecule has 0 aliphatic carbocycles. The summed E-state index contributed by atoms with van der Waals surface area (Å²) in [5.41, 5.74) is 1.73. The maximum atomic E-state index is 10.7. The second kappa shape index (κ2) is 5.54. The lowest BCUT2D eigenvalue weighted by molar-refractivity contribution is -0.384. The molecule has 0 aliphatic heterocycles. The molecule has 1 aromatic carbocycles. The average molecular weight is 298 g/mol. The maximum absolute atomic E-state index is 10.7. The number of nitro groups is 1. The van der Waals surface area contributed by atoms with Crippen molar-refractivity contribution in [3.05, 3.63) is 49.4 Å². The number of benzene rings is 1. The first-order valence-corrected chi connectivity index (χ1v) is 6.79. The highest BCUT2D eigenvalue weighted by molar-refractivity contribution is 7.09. The summed E-state index contributed by atoms with van der Waals surface area (Å²) in [6, 6.07) is 4.46. The zero-order chi connectivity index (χ0) is 14.0. The van der Waals surface area contributed by atoms with Gasteiger partial charge in [0.1, 0.15) is 5.01 Å². The molecule has 0 radical (unpaired) electrons. The van der Waals surface area contributed by atoms with Crippen LogP contribution in [0.25, 0.3) is 0 Å². The van der Waals surface area contributed by atoms with E-state index < -0.39 is 4.92 Å². The van der Waals surface area contributed by atoms with Crippen LogP contribution in [0.2, 0.25) is 5.02 Å². The predicted octanol–water partition coefficient (Wildman–Crippen LogP) is 3.65. The van der Waals surface area contributed by atoms with Gasteiger partial charge in [0, 0.05) is 30.3 Å². The molecule has 0 spiro atoms. The Morgan fingerprint density at radius 1 is 1.53 bits per heavy atom. The van der Waals surface area contributed by atoms with Gasteiger partial charge in [-0.2, -0.15) is 0 Å². The van der Waals surface area contributed by atoms with Crippen LogP contribution in [0, 0.1) is 17.0 Å². The van der Waals surface area contributed by atoms with Crippen molar-refractivity contribution in [3.8, 4) is 0 Å². The van der Waals surface area contributed by atoms with Crippen LogP contribution in [0.3, 0.4) is 0 Å². The number of hydrogen-bond donors (Lipinski definition) is 0. The highest BCUT2D eigenvalue weighted by atomic mass is 35.5. The molecule has 0 aliphatic rings. The molecular formula is C12H12ClN3O2S. The first-order chi connectivity index (χ1) is 8.97. The van der Waals surface area contributed by atoms with Crippen molar-refractivity contribution in [2.24, 2.45) is 0 Å². The minimum atomic E-state index is -0.458. The molecule has 1 aromatic heterocycles. The van der Waals surface area contributed by atoms with Gasteiger partial charge in [-0.3, -0.25) is 10.1 Å². The van der Waals surface area contributed by atoms with E-state index in [2.05, 4.69) is 4.98 Å². The summed E-state index contributed by atoms with van der Waals surface area (Å²) in [6.45, 7) is 2.56. The molecule has 7 heteroatoms. The van der Waals surface area contributed by atoms with Gasteiger partial charge in [0.25, 0.3) is 5.69 Å². The molecule has 2 aromatic rings. The Morgan fingerprint density at radius 2 is 2.26 bits per heavy atom. The van der Waals surface area contributed by atoms with Crippen LogP contribution in [0.4, 0.5) is 11.4 Å². The zero-order valence-corrected chi connectivity index (χ0v) is 12.0. The Hall–Kier alpha value is -1.66. The van der Waals surface area contributed by atoms with Crippen LogP contribution in [-0.4, -0.2) is 17.0 Å². The van der Waals surface area contributed by atoms with E-state index in [-0.39, 0.29) is 5.69 Å². The first kappa shape index (κ1) is 13.8. The standard InChI is InChI=1S/C12H12ClN3O2S/c1-8-7-19-12(14-8)6-15(2)11-4-3-9(16(17)18)5-10(11)13/h3-5,7H,6H2,1-2H3. The molecule has 19 heavy (non-hydrogen) atoms. The van der Waals surface area contributed by atoms with Gasteiger partial charge in [0.05, 0.1) is 22.2 Å². The quantitative estimate of drug-likeness (QED) is 0.638. The largest absolute Gasteiger partial charge is 0.367 e. The molecule has 0 fully saturated rings. The number of aromatic nitrogens is 1. The van der Waals surface area contributed by atoms with Gasteiger partial charge in [0.15, 0.2) is 0 Å². The molecule has 2 rings (SSSR count). The molecule has 100 valence electrons. The molecule has 0 unspecified atom stereocenters. The number of nitro benzene ring substituents is 1. The van der Waals surface area contributed by atoms with E-state index in [9.17, 15) is 10.1 Å². The van der Waals surface area contributed by atoms with Crippen molar-refractivity contribution < 1.29 is 4.92 Å². The van der Waals surface area contributed by atoms with Crippen LogP contribution in [0.5, 0.6) is 0 Å². The molecule has 0 N–H and O–H groups in total. The Kier molecular flexibility index (Phi) is 4.01. The highest BCUT2D eigenvalue weighted by Gasteiger charge is 2.13. The highest BCUT2D eigenvalue weighted by Crippen LogP contribution is 2.30. The van der Waals surface area contributed by atoms with Crippen LogP contribution in [-0.2, 0) is 6.54 Å². The van der Waals surface area contributed by atoms with E-state index in [0.717, 1.165) is 16.4 Å². The summed E-state index contributed by atoms with van der Waals surface area (Å²) in [7, 11) is 1.88. The topological polar surface area (TPSA) is 59.3 Å². The predicted molar refractivity (Wildman–Crippen MR) is 77.1 cm³/mol. The van der Waals surface area contributed by atoms with Gasteiger partial charge in [0.2, 0.25) is 0 Å². The monoisotopic (exact) mass is 297 g/mol. The van der Waals surface area contributed by atoms with Crippen LogP contribution >= 0.6 is 22.9 Å². The summed E-state index contributed by atoms with van der Waals surface area (Å²) < 4.78 is 0. The summed E-state index contributed by atoms with van der Waals surface area (Å²) in [5, 5.41) is 14.0. The fourth-order valence-corrected chi connectivity index (χ4v) is 2.83. The van der Waals surface area contributed by atoms with Crippen molar-refractivity contribution in [2.45, 2.75) is 13.5 Å². The number of non-ortho nitro benzene ring substituents is 1. The van der Waals surface area contributed by atoms with Crippen molar-refractivity contribution in [1.29, 1.82) is 0 Å². The van der Waals surface area contributed by atoms with Crippen LogP contribution in [0.1, 0.15) is 10.7 Å². The third-order valence-corrected chi connectivity index (χ3v) is 3.85. The van der Waals surface area contributed by atoms with Gasteiger partial charge in [-0.25, -0.2) is 4.98 Å². The Morgan fingerprint density at radius 3 is 2.79 bits per heavy atom. The molecule has 0 atom stereocenters. The van der Waals surface area contributed by atoms with Gasteiger partial charge in [-0.05, 0) is 13.0 Å². The van der Waals surface area contributed by atoms with E-state index >= 15 is 0 Å². The van der Waals surface area contributed by atoms with Gasteiger partial charge >= 0.3 is 0 Å². The van der Waals surface area contributed by atoms with Crippen molar-refractivity contribution in [2.75, 3.05) is 11.9 Å². The number of aryl methyl sites for hydroxylation is 1. The lowest BCUT2D eigenvalue weighted by Gasteiger charge is -2.19. The number of rotatable bonds is 4. The molecule has 5 nitrogen and oxygen atoms in total. The SMILES string of the molecule is Cc1csc(CN(C)c2ccc([N+](=O)[O-])cc2Cl)n1. The van der Waals surface area contributed by atoms with Gasteiger partial charge in [-0.15, -0.1) is 11.3 Å². The number of anilines is 1. The van der Waals surface area contributed by atoms with Crippen molar-refractivity contribution in [3.63, 3.8) is 0 Å². The maximum Gasteiger partial charge on any atom is 0.271 e. The summed E-state index contributed by atoms with van der Waals surface area (Å²) in [5.74, 6) is 0. The second-order valence-corrected chi connectivity index (χ2v) is 5.48. The zero-order valence-electron chi connectivity index (χ0n) is 10.5. The molecule has 0 amide bonds. The fourth-order valence-electron chi connectivity index (χ4n) is 1.68.